The SMILES string of the molecule is O=C(NCCc1n[nH]c(Cc2ccc(F)cc2)n1)c1ccc(Cl)cc1. The van der Waals surface area contributed by atoms with Crippen molar-refractivity contribution in [3.63, 3.8) is 0 Å². The average molecular weight is 359 g/mol. The summed E-state index contributed by atoms with van der Waals surface area (Å²) in [5, 5.41) is 10.4. The predicted octanol–water partition coefficient (Wildman–Crippen LogP) is 3.16. The van der Waals surface area contributed by atoms with Crippen LogP contribution >= 0.6 is 11.6 Å². The Morgan fingerprint density at radius 1 is 1.12 bits per heavy atom. The summed E-state index contributed by atoms with van der Waals surface area (Å²) in [6, 6.07) is 12.9. The fourth-order valence-corrected chi connectivity index (χ4v) is 2.44. The van der Waals surface area contributed by atoms with E-state index in [1.165, 1.54) is 12.1 Å². The van der Waals surface area contributed by atoms with Crippen molar-refractivity contribution in [3.8, 4) is 0 Å². The molecule has 1 aromatic heterocycles. The van der Waals surface area contributed by atoms with Crippen molar-refractivity contribution in [2.75, 3.05) is 6.54 Å². The largest absolute Gasteiger partial charge is 0.352 e. The van der Waals surface area contributed by atoms with Gasteiger partial charge in [0.05, 0.1) is 0 Å². The van der Waals surface area contributed by atoms with Gasteiger partial charge < -0.3 is 5.32 Å². The van der Waals surface area contributed by atoms with Gasteiger partial charge in [-0.2, -0.15) is 5.10 Å². The molecule has 2 N–H and O–H groups in total. The van der Waals surface area contributed by atoms with Crippen molar-refractivity contribution >= 4 is 17.5 Å². The van der Waals surface area contributed by atoms with E-state index in [9.17, 15) is 9.18 Å². The normalized spacial score (nSPS) is 10.6. The summed E-state index contributed by atoms with van der Waals surface area (Å²) in [4.78, 5) is 16.4. The number of carbonyl (C=O) groups is 1. The summed E-state index contributed by atoms with van der Waals surface area (Å²) < 4.78 is 12.9. The van der Waals surface area contributed by atoms with Crippen molar-refractivity contribution in [1.29, 1.82) is 0 Å². The molecule has 0 atom stereocenters. The molecule has 0 unspecified atom stereocenters. The van der Waals surface area contributed by atoms with Crippen LogP contribution in [0.1, 0.15) is 27.6 Å². The first-order valence-electron chi connectivity index (χ1n) is 7.78. The minimum Gasteiger partial charge on any atom is -0.352 e. The molecule has 5 nitrogen and oxygen atoms in total. The minimum atomic E-state index is -0.265. The highest BCUT2D eigenvalue weighted by Crippen LogP contribution is 2.09. The molecule has 2 aromatic carbocycles. The van der Waals surface area contributed by atoms with E-state index in [1.807, 2.05) is 0 Å². The van der Waals surface area contributed by atoms with Gasteiger partial charge in [0.15, 0.2) is 5.82 Å². The Labute approximate surface area is 149 Å². The first-order chi connectivity index (χ1) is 12.1. The molecule has 0 saturated carbocycles. The molecule has 3 aromatic rings. The van der Waals surface area contributed by atoms with Gasteiger partial charge in [0.1, 0.15) is 11.6 Å². The van der Waals surface area contributed by atoms with Crippen LogP contribution < -0.4 is 5.32 Å². The van der Waals surface area contributed by atoms with E-state index in [0.29, 0.717) is 41.6 Å². The number of aromatic nitrogens is 3. The first-order valence-corrected chi connectivity index (χ1v) is 8.16. The Balaban J connectivity index is 1.49. The van der Waals surface area contributed by atoms with Crippen molar-refractivity contribution in [1.82, 2.24) is 20.5 Å². The Morgan fingerprint density at radius 2 is 1.84 bits per heavy atom. The molecule has 0 aliphatic carbocycles. The number of rotatable bonds is 6. The second-order valence-electron chi connectivity index (χ2n) is 5.51. The lowest BCUT2D eigenvalue weighted by molar-refractivity contribution is 0.0954. The number of nitrogens with zero attached hydrogens (tertiary/aromatic N) is 2. The van der Waals surface area contributed by atoms with E-state index in [1.54, 1.807) is 36.4 Å². The van der Waals surface area contributed by atoms with Gasteiger partial charge in [-0.3, -0.25) is 9.89 Å². The number of hydrogen-bond acceptors (Lipinski definition) is 3. The summed E-state index contributed by atoms with van der Waals surface area (Å²) in [6.45, 7) is 0.426. The second kappa shape index (κ2) is 7.90. The van der Waals surface area contributed by atoms with Crippen LogP contribution in [0.2, 0.25) is 5.02 Å². The fraction of sp³-hybridized carbons (Fsp3) is 0.167. The van der Waals surface area contributed by atoms with Gasteiger partial charge in [-0.1, -0.05) is 23.7 Å². The smallest absolute Gasteiger partial charge is 0.251 e. The minimum absolute atomic E-state index is 0.168. The maximum absolute atomic E-state index is 12.9. The topological polar surface area (TPSA) is 70.7 Å². The van der Waals surface area contributed by atoms with Crippen molar-refractivity contribution < 1.29 is 9.18 Å². The monoisotopic (exact) mass is 358 g/mol. The predicted molar refractivity (Wildman–Crippen MR) is 93.1 cm³/mol. The van der Waals surface area contributed by atoms with Gasteiger partial charge in [0.25, 0.3) is 5.91 Å². The number of amides is 1. The molecule has 0 bridgehead atoms. The van der Waals surface area contributed by atoms with Gasteiger partial charge >= 0.3 is 0 Å². The van der Waals surface area contributed by atoms with Crippen LogP contribution in [0.3, 0.4) is 0 Å². The molecule has 7 heteroatoms. The first kappa shape index (κ1) is 17.1. The fourth-order valence-electron chi connectivity index (χ4n) is 2.31. The zero-order valence-electron chi connectivity index (χ0n) is 13.3. The van der Waals surface area contributed by atoms with Crippen LogP contribution in [0.25, 0.3) is 0 Å². The van der Waals surface area contributed by atoms with Gasteiger partial charge in [-0.25, -0.2) is 9.37 Å². The van der Waals surface area contributed by atoms with Crippen molar-refractivity contribution in [2.24, 2.45) is 0 Å². The molecular formula is C18H16ClFN4O. The summed E-state index contributed by atoms with van der Waals surface area (Å²) in [7, 11) is 0. The van der Waals surface area contributed by atoms with Gasteiger partial charge in [-0.05, 0) is 42.0 Å². The van der Waals surface area contributed by atoms with Crippen molar-refractivity contribution in [3.05, 3.63) is 82.1 Å². The third kappa shape index (κ3) is 4.87. The maximum atomic E-state index is 12.9. The molecule has 1 amide bonds. The van der Waals surface area contributed by atoms with Crippen molar-refractivity contribution in [2.45, 2.75) is 12.8 Å². The highest BCUT2D eigenvalue weighted by Gasteiger charge is 2.07. The van der Waals surface area contributed by atoms with Crippen LogP contribution in [0.15, 0.2) is 48.5 Å². The van der Waals surface area contributed by atoms with E-state index in [2.05, 4.69) is 20.5 Å². The second-order valence-corrected chi connectivity index (χ2v) is 5.95. The lowest BCUT2D eigenvalue weighted by Crippen LogP contribution is -2.25. The molecule has 1 heterocycles. The van der Waals surface area contributed by atoms with E-state index in [4.69, 9.17) is 11.6 Å². The average Bonchev–Trinajstić information content (AvgIpc) is 3.05. The Hall–Kier alpha value is -2.73. The number of aromatic amines is 1. The van der Waals surface area contributed by atoms with Crippen LogP contribution in [-0.2, 0) is 12.8 Å². The molecule has 0 radical (unpaired) electrons. The lowest BCUT2D eigenvalue weighted by atomic mass is 10.1. The molecule has 0 saturated heterocycles. The van der Waals surface area contributed by atoms with Gasteiger partial charge in [0, 0.05) is 30.0 Å². The quantitative estimate of drug-likeness (QED) is 0.711. The number of H-pyrrole nitrogens is 1. The highest BCUT2D eigenvalue weighted by molar-refractivity contribution is 6.30. The van der Waals surface area contributed by atoms with Gasteiger partial charge in [0.2, 0.25) is 0 Å². The highest BCUT2D eigenvalue weighted by atomic mass is 35.5. The molecule has 128 valence electrons. The van der Waals surface area contributed by atoms with E-state index >= 15 is 0 Å². The molecule has 0 spiro atoms. The summed E-state index contributed by atoms with van der Waals surface area (Å²) in [5.41, 5.74) is 1.50. The zero-order valence-corrected chi connectivity index (χ0v) is 14.1. The van der Waals surface area contributed by atoms with Crippen LogP contribution in [0.5, 0.6) is 0 Å². The van der Waals surface area contributed by atoms with E-state index < -0.39 is 0 Å². The van der Waals surface area contributed by atoms with Gasteiger partial charge in [-0.15, -0.1) is 0 Å². The van der Waals surface area contributed by atoms with Crippen LogP contribution in [0, 0.1) is 5.82 Å². The number of carbonyl (C=O) groups excluding carboxylic acids is 1. The lowest BCUT2D eigenvalue weighted by Gasteiger charge is -2.03. The summed E-state index contributed by atoms with van der Waals surface area (Å²) in [5.74, 6) is 0.885. The number of halogens is 2. The van der Waals surface area contributed by atoms with E-state index in [0.717, 1.165) is 5.56 Å². The van der Waals surface area contributed by atoms with E-state index in [-0.39, 0.29) is 11.7 Å². The molecule has 3 rings (SSSR count). The Bertz CT molecular complexity index is 846. The standard InChI is InChI=1S/C18H16ClFN4O/c19-14-5-3-13(4-6-14)18(25)21-10-9-16-22-17(24-23-16)11-12-1-7-15(20)8-2-12/h1-8H,9-11H2,(H,21,25)(H,22,23,24). The summed E-state index contributed by atoms with van der Waals surface area (Å²) >= 11 is 5.80. The third-order valence-corrected chi connectivity index (χ3v) is 3.86. The third-order valence-electron chi connectivity index (χ3n) is 3.60. The molecule has 0 fully saturated rings. The molecule has 0 aliphatic heterocycles. The zero-order chi connectivity index (χ0) is 17.6. The van der Waals surface area contributed by atoms with Crippen LogP contribution in [0.4, 0.5) is 4.39 Å². The Kier molecular flexibility index (Phi) is 5.40. The molecular weight excluding hydrogens is 343 g/mol. The maximum Gasteiger partial charge on any atom is 0.251 e. The molecule has 0 aliphatic rings. The number of hydrogen-bond donors (Lipinski definition) is 2. The summed E-state index contributed by atoms with van der Waals surface area (Å²) in [6.07, 6.45) is 1.06. The van der Waals surface area contributed by atoms with Crippen LogP contribution in [-0.4, -0.2) is 27.6 Å². The Morgan fingerprint density at radius 3 is 2.56 bits per heavy atom. The molecule has 25 heavy (non-hydrogen) atoms. The number of nitrogens with one attached hydrogen (secondary N) is 2. The number of benzene rings is 2.